The fourth-order valence-corrected chi connectivity index (χ4v) is 2.50. The molecule has 3 aromatic rings. The molecule has 1 atom stereocenters. The maximum Gasteiger partial charge on any atom is 0.0620 e. The minimum atomic E-state index is -0.362. The van der Waals surface area contributed by atoms with Crippen molar-refractivity contribution in [2.24, 2.45) is 0 Å². The maximum absolute atomic E-state index is 10.2. The molecule has 0 fully saturated rings. The van der Waals surface area contributed by atoms with Gasteiger partial charge in [-0.15, -0.1) is 0 Å². The van der Waals surface area contributed by atoms with Crippen LogP contribution in [0.5, 0.6) is 0 Å². The number of aliphatic hydroxyl groups is 1. The van der Waals surface area contributed by atoms with Gasteiger partial charge < -0.3 is 5.11 Å². The van der Waals surface area contributed by atoms with Crippen molar-refractivity contribution in [2.75, 3.05) is 0 Å². The van der Waals surface area contributed by atoms with Crippen molar-refractivity contribution in [3.8, 4) is 0 Å². The lowest BCUT2D eigenvalue weighted by Crippen LogP contribution is -2.13. The third-order valence-electron chi connectivity index (χ3n) is 3.51. The van der Waals surface area contributed by atoms with Crippen LogP contribution in [0.4, 0.5) is 0 Å². The van der Waals surface area contributed by atoms with Crippen molar-refractivity contribution >= 4 is 10.8 Å². The third-order valence-corrected chi connectivity index (χ3v) is 3.51. The van der Waals surface area contributed by atoms with Crippen molar-refractivity contribution in [2.45, 2.75) is 18.9 Å². The van der Waals surface area contributed by atoms with Crippen LogP contribution >= 0.6 is 0 Å². The van der Waals surface area contributed by atoms with E-state index in [2.05, 4.69) is 35.3 Å². The number of fused-ring (bicyclic) bond motifs is 1. The van der Waals surface area contributed by atoms with E-state index in [1.165, 1.54) is 16.3 Å². The Hall–Kier alpha value is -2.19. The predicted octanol–water partition coefficient (Wildman–Crippen LogP) is 3.38. The largest absolute Gasteiger partial charge is 0.392 e. The lowest BCUT2D eigenvalue weighted by Gasteiger charge is -2.11. The highest BCUT2D eigenvalue weighted by Crippen LogP contribution is 2.17. The van der Waals surface area contributed by atoms with E-state index in [1.54, 1.807) is 12.4 Å². The summed E-state index contributed by atoms with van der Waals surface area (Å²) in [6, 6.07) is 18.6. The summed E-state index contributed by atoms with van der Waals surface area (Å²) >= 11 is 0. The number of hydrogen-bond acceptors (Lipinski definition) is 2. The van der Waals surface area contributed by atoms with Crippen molar-refractivity contribution in [1.29, 1.82) is 0 Å². The van der Waals surface area contributed by atoms with Crippen LogP contribution in [-0.4, -0.2) is 16.2 Å². The maximum atomic E-state index is 10.2. The minimum absolute atomic E-state index is 0.362. The van der Waals surface area contributed by atoms with Crippen molar-refractivity contribution < 1.29 is 5.11 Å². The van der Waals surface area contributed by atoms with E-state index >= 15 is 0 Å². The Kier molecular flexibility index (Phi) is 3.75. The third kappa shape index (κ3) is 3.03. The molecule has 0 saturated carbocycles. The van der Waals surface area contributed by atoms with Gasteiger partial charge in [-0.1, -0.05) is 42.5 Å². The fraction of sp³-hybridized carbons (Fsp3) is 0.167. The first kappa shape index (κ1) is 12.8. The van der Waals surface area contributed by atoms with Crippen LogP contribution in [0.25, 0.3) is 10.8 Å². The van der Waals surface area contributed by atoms with E-state index in [9.17, 15) is 5.11 Å². The Labute approximate surface area is 118 Å². The Bertz CT molecular complexity index is 694. The average molecular weight is 263 g/mol. The number of aromatic nitrogens is 1. The lowest BCUT2D eigenvalue weighted by molar-refractivity contribution is 0.175. The number of benzene rings is 2. The Morgan fingerprint density at radius 2 is 1.50 bits per heavy atom. The normalized spacial score (nSPS) is 12.4. The van der Waals surface area contributed by atoms with Gasteiger partial charge in [-0.2, -0.15) is 0 Å². The number of aliphatic hydroxyl groups excluding tert-OH is 1. The standard InChI is InChI=1S/C18H17NO/c20-18(12-14-7-9-19-10-8-14)13-15-5-6-16-3-1-2-4-17(16)11-15/h1-11,18,20H,12-13H2. The van der Waals surface area contributed by atoms with E-state index < -0.39 is 0 Å². The van der Waals surface area contributed by atoms with Crippen molar-refractivity contribution in [1.82, 2.24) is 4.98 Å². The Balaban J connectivity index is 1.72. The monoisotopic (exact) mass is 263 g/mol. The summed E-state index contributed by atoms with van der Waals surface area (Å²) in [5.74, 6) is 0. The molecule has 2 heteroatoms. The van der Waals surface area contributed by atoms with Gasteiger partial charge in [-0.25, -0.2) is 0 Å². The molecule has 1 unspecified atom stereocenters. The van der Waals surface area contributed by atoms with Gasteiger partial charge in [-0.05, 0) is 46.9 Å². The molecule has 1 N–H and O–H groups in total. The van der Waals surface area contributed by atoms with Crippen LogP contribution in [-0.2, 0) is 12.8 Å². The summed E-state index contributed by atoms with van der Waals surface area (Å²) in [6.45, 7) is 0. The summed E-state index contributed by atoms with van der Waals surface area (Å²) in [7, 11) is 0. The molecule has 2 aromatic carbocycles. The second kappa shape index (κ2) is 5.85. The van der Waals surface area contributed by atoms with E-state index in [0.29, 0.717) is 12.8 Å². The summed E-state index contributed by atoms with van der Waals surface area (Å²) in [5.41, 5.74) is 2.29. The molecule has 1 aromatic heterocycles. The number of hydrogen-bond donors (Lipinski definition) is 1. The Morgan fingerprint density at radius 3 is 2.30 bits per heavy atom. The van der Waals surface area contributed by atoms with Crippen LogP contribution in [0.1, 0.15) is 11.1 Å². The molecule has 0 spiro atoms. The molecule has 1 heterocycles. The average Bonchev–Trinajstić information content (AvgIpc) is 2.48. The molecular weight excluding hydrogens is 246 g/mol. The van der Waals surface area contributed by atoms with Gasteiger partial charge in [0.25, 0.3) is 0 Å². The highest BCUT2D eigenvalue weighted by atomic mass is 16.3. The molecular formula is C18H17NO. The molecule has 3 rings (SSSR count). The molecule has 0 aliphatic carbocycles. The van der Waals surface area contributed by atoms with Crippen molar-refractivity contribution in [3.05, 3.63) is 78.1 Å². The first-order valence-electron chi connectivity index (χ1n) is 6.86. The van der Waals surface area contributed by atoms with Crippen LogP contribution in [0.2, 0.25) is 0 Å². The molecule has 20 heavy (non-hydrogen) atoms. The zero-order chi connectivity index (χ0) is 13.8. The van der Waals surface area contributed by atoms with Gasteiger partial charge in [0.1, 0.15) is 0 Å². The molecule has 0 saturated heterocycles. The highest BCUT2D eigenvalue weighted by molar-refractivity contribution is 5.82. The molecule has 0 aliphatic rings. The molecule has 0 aliphatic heterocycles. The summed E-state index contributed by atoms with van der Waals surface area (Å²) in [6.07, 6.45) is 4.50. The molecule has 0 radical (unpaired) electrons. The topological polar surface area (TPSA) is 33.1 Å². The summed E-state index contributed by atoms with van der Waals surface area (Å²) in [5, 5.41) is 12.7. The number of pyridine rings is 1. The Morgan fingerprint density at radius 1 is 0.800 bits per heavy atom. The highest BCUT2D eigenvalue weighted by Gasteiger charge is 2.07. The van der Waals surface area contributed by atoms with Gasteiger partial charge in [0, 0.05) is 12.4 Å². The lowest BCUT2D eigenvalue weighted by atomic mass is 9.99. The van der Waals surface area contributed by atoms with Crippen molar-refractivity contribution in [3.63, 3.8) is 0 Å². The molecule has 100 valence electrons. The second-order valence-electron chi connectivity index (χ2n) is 5.10. The van der Waals surface area contributed by atoms with Gasteiger partial charge in [0.05, 0.1) is 6.10 Å². The predicted molar refractivity (Wildman–Crippen MR) is 81.6 cm³/mol. The van der Waals surface area contributed by atoms with Crippen LogP contribution in [0.15, 0.2) is 67.0 Å². The minimum Gasteiger partial charge on any atom is -0.392 e. The fourth-order valence-electron chi connectivity index (χ4n) is 2.50. The smallest absolute Gasteiger partial charge is 0.0620 e. The van der Waals surface area contributed by atoms with E-state index in [4.69, 9.17) is 0 Å². The van der Waals surface area contributed by atoms with Crippen LogP contribution in [0, 0.1) is 0 Å². The first-order valence-corrected chi connectivity index (χ1v) is 6.86. The van der Waals surface area contributed by atoms with Gasteiger partial charge in [0.2, 0.25) is 0 Å². The first-order chi connectivity index (χ1) is 9.81. The van der Waals surface area contributed by atoms with E-state index in [0.717, 1.165) is 5.56 Å². The molecule has 2 nitrogen and oxygen atoms in total. The quantitative estimate of drug-likeness (QED) is 0.782. The van der Waals surface area contributed by atoms with Gasteiger partial charge >= 0.3 is 0 Å². The SMILES string of the molecule is OC(Cc1ccncc1)Cc1ccc2ccccc2c1. The zero-order valence-corrected chi connectivity index (χ0v) is 11.2. The van der Waals surface area contributed by atoms with Gasteiger partial charge in [0.15, 0.2) is 0 Å². The second-order valence-corrected chi connectivity index (χ2v) is 5.10. The molecule has 0 amide bonds. The van der Waals surface area contributed by atoms with E-state index in [-0.39, 0.29) is 6.10 Å². The number of rotatable bonds is 4. The molecule has 0 bridgehead atoms. The summed E-state index contributed by atoms with van der Waals surface area (Å²) < 4.78 is 0. The van der Waals surface area contributed by atoms with Gasteiger partial charge in [-0.3, -0.25) is 4.98 Å². The van der Waals surface area contributed by atoms with E-state index in [1.807, 2.05) is 24.3 Å². The summed E-state index contributed by atoms with van der Waals surface area (Å²) in [4.78, 5) is 3.99. The van der Waals surface area contributed by atoms with Crippen LogP contribution in [0.3, 0.4) is 0 Å². The van der Waals surface area contributed by atoms with Crippen LogP contribution < -0.4 is 0 Å². The number of nitrogens with zero attached hydrogens (tertiary/aromatic N) is 1. The zero-order valence-electron chi connectivity index (χ0n) is 11.2.